The van der Waals surface area contributed by atoms with Gasteiger partial charge in [-0.1, -0.05) is 30.3 Å². The zero-order valence-electron chi connectivity index (χ0n) is 15.3. The Balaban J connectivity index is 2.57. The average molecular weight is 350 g/mol. The van der Waals surface area contributed by atoms with Crippen molar-refractivity contribution in [1.29, 1.82) is 0 Å². The Morgan fingerprint density at radius 2 is 1.60 bits per heavy atom. The van der Waals surface area contributed by atoms with Gasteiger partial charge < -0.3 is 20.3 Å². The van der Waals surface area contributed by atoms with Crippen molar-refractivity contribution in [3.8, 4) is 0 Å². The van der Waals surface area contributed by atoms with Gasteiger partial charge in [-0.3, -0.25) is 9.59 Å². The molecule has 0 aliphatic heterocycles. The molecule has 0 spiro atoms. The zero-order chi connectivity index (χ0) is 18.8. The van der Waals surface area contributed by atoms with E-state index < -0.39 is 12.0 Å². The normalized spacial score (nSPS) is 13.0. The zero-order valence-corrected chi connectivity index (χ0v) is 15.3. The van der Waals surface area contributed by atoms with Gasteiger partial charge in [-0.25, -0.2) is 4.79 Å². The molecule has 7 nitrogen and oxygen atoms in total. The van der Waals surface area contributed by atoms with Crippen molar-refractivity contribution in [3.05, 3.63) is 35.9 Å². The van der Waals surface area contributed by atoms with E-state index in [-0.39, 0.29) is 30.9 Å². The second kappa shape index (κ2) is 10.5. The summed E-state index contributed by atoms with van der Waals surface area (Å²) in [5, 5.41) is 5.48. The van der Waals surface area contributed by atoms with Crippen LogP contribution in [0.5, 0.6) is 0 Å². The van der Waals surface area contributed by atoms with Crippen molar-refractivity contribution < 1.29 is 24.0 Å². The van der Waals surface area contributed by atoms with E-state index in [1.165, 1.54) is 7.11 Å². The number of esters is 1. The van der Waals surface area contributed by atoms with Gasteiger partial charge in [0.1, 0.15) is 6.04 Å². The molecule has 1 aromatic carbocycles. The number of methoxy groups -OCH3 is 1. The first-order chi connectivity index (χ1) is 11.8. The predicted octanol–water partition coefficient (Wildman–Crippen LogP) is -1.07. The monoisotopic (exact) mass is 350 g/mol. The number of benzene rings is 1. The quantitative estimate of drug-likeness (QED) is 0.495. The maximum absolute atomic E-state index is 12.2. The second-order valence-corrected chi connectivity index (χ2v) is 6.37. The number of carbonyl (C=O) groups excluding carboxylic acids is 3. The molecule has 0 aliphatic carbocycles. The van der Waals surface area contributed by atoms with Gasteiger partial charge >= 0.3 is 5.97 Å². The smallest absolute Gasteiger partial charge is 0.328 e. The van der Waals surface area contributed by atoms with Gasteiger partial charge in [-0.2, -0.15) is 0 Å². The summed E-state index contributed by atoms with van der Waals surface area (Å²) in [6.45, 7) is 4.04. The average Bonchev–Trinajstić information content (AvgIpc) is 2.53. The molecule has 2 amide bonds. The largest absolute Gasteiger partial charge is 0.467 e. The fraction of sp³-hybridized carbons (Fsp3) is 0.500. The van der Waals surface area contributed by atoms with Crippen molar-refractivity contribution in [3.63, 3.8) is 0 Å². The molecule has 138 valence electrons. The van der Waals surface area contributed by atoms with E-state index in [1.54, 1.807) is 7.05 Å². The molecule has 1 aromatic rings. The summed E-state index contributed by atoms with van der Waals surface area (Å²) in [4.78, 5) is 36.6. The first-order valence-corrected chi connectivity index (χ1v) is 8.33. The van der Waals surface area contributed by atoms with Crippen LogP contribution in [0.1, 0.15) is 19.4 Å². The summed E-state index contributed by atoms with van der Waals surface area (Å²) in [6.07, 6.45) is 0.353. The lowest BCUT2D eigenvalue weighted by Crippen LogP contribution is -3.11. The fourth-order valence-corrected chi connectivity index (χ4v) is 2.41. The highest BCUT2D eigenvalue weighted by Crippen LogP contribution is 2.04. The first kappa shape index (κ1) is 20.6. The lowest BCUT2D eigenvalue weighted by Gasteiger charge is -2.19. The number of likely N-dealkylation sites (N-methyl/N-ethyl adjacent to an activating group) is 1. The molecule has 0 saturated heterocycles. The summed E-state index contributed by atoms with van der Waals surface area (Å²) in [7, 11) is 3.05. The number of amides is 2. The highest BCUT2D eigenvalue weighted by atomic mass is 16.5. The molecular formula is C18H28N3O4+. The second-order valence-electron chi connectivity index (χ2n) is 6.37. The van der Waals surface area contributed by atoms with Crippen molar-refractivity contribution >= 4 is 17.8 Å². The molecule has 7 heteroatoms. The van der Waals surface area contributed by atoms with Crippen LogP contribution < -0.4 is 15.5 Å². The van der Waals surface area contributed by atoms with Gasteiger partial charge in [0, 0.05) is 12.5 Å². The van der Waals surface area contributed by atoms with Crippen molar-refractivity contribution in [2.24, 2.45) is 0 Å². The number of nitrogens with one attached hydrogen (secondary N) is 3. The predicted molar refractivity (Wildman–Crippen MR) is 94.0 cm³/mol. The Bertz CT molecular complexity index is 575. The van der Waals surface area contributed by atoms with Gasteiger partial charge in [0.05, 0.1) is 14.2 Å². The Kier molecular flexibility index (Phi) is 8.63. The van der Waals surface area contributed by atoms with E-state index in [0.29, 0.717) is 6.42 Å². The van der Waals surface area contributed by atoms with Crippen LogP contribution in [-0.4, -0.2) is 57.1 Å². The van der Waals surface area contributed by atoms with Crippen LogP contribution >= 0.6 is 0 Å². The molecule has 2 atom stereocenters. The van der Waals surface area contributed by atoms with Gasteiger partial charge in [-0.15, -0.1) is 0 Å². The third-order valence-corrected chi connectivity index (χ3v) is 3.48. The van der Waals surface area contributed by atoms with Crippen molar-refractivity contribution in [2.45, 2.75) is 32.4 Å². The molecule has 0 heterocycles. The molecule has 25 heavy (non-hydrogen) atoms. The van der Waals surface area contributed by atoms with E-state index >= 15 is 0 Å². The minimum atomic E-state index is -0.753. The lowest BCUT2D eigenvalue weighted by molar-refractivity contribution is -0.862. The van der Waals surface area contributed by atoms with Gasteiger partial charge in [0.15, 0.2) is 13.1 Å². The topological polar surface area (TPSA) is 88.9 Å². The van der Waals surface area contributed by atoms with E-state index in [2.05, 4.69) is 10.6 Å². The van der Waals surface area contributed by atoms with Crippen LogP contribution in [0, 0.1) is 0 Å². The maximum atomic E-state index is 12.2. The van der Waals surface area contributed by atoms with Crippen LogP contribution in [0.25, 0.3) is 0 Å². The molecule has 1 rings (SSSR count). The summed E-state index contributed by atoms with van der Waals surface area (Å²) in [6, 6.07) is 8.70. The molecule has 0 fully saturated rings. The number of ether oxygens (including phenoxy) is 1. The molecule has 3 N–H and O–H groups in total. The van der Waals surface area contributed by atoms with E-state index in [9.17, 15) is 14.4 Å². The summed E-state index contributed by atoms with van der Waals surface area (Å²) in [5.74, 6) is -0.914. The minimum Gasteiger partial charge on any atom is -0.467 e. The van der Waals surface area contributed by atoms with E-state index in [1.807, 2.05) is 44.2 Å². The van der Waals surface area contributed by atoms with Crippen LogP contribution in [-0.2, 0) is 25.5 Å². The summed E-state index contributed by atoms with van der Waals surface area (Å²) >= 11 is 0. The van der Waals surface area contributed by atoms with Gasteiger partial charge in [0.2, 0.25) is 0 Å². The van der Waals surface area contributed by atoms with Crippen molar-refractivity contribution in [2.75, 3.05) is 27.2 Å². The Morgan fingerprint density at radius 1 is 1.04 bits per heavy atom. The Hall–Kier alpha value is -2.41. The standard InChI is InChI=1S/C18H27N3O4/c1-13(2)19-16(22)11-21(3)12-17(23)20-15(18(24)25-4)10-14-8-6-5-7-9-14/h5-9,13,15H,10-12H2,1-4H3,(H,19,22)(H,20,23)/p+1/t15-/m1/s1. The summed E-state index contributed by atoms with van der Waals surface area (Å²) in [5.41, 5.74) is 0.926. The lowest BCUT2D eigenvalue weighted by atomic mass is 10.1. The Labute approximate surface area is 148 Å². The fourth-order valence-electron chi connectivity index (χ4n) is 2.41. The highest BCUT2D eigenvalue weighted by molar-refractivity contribution is 5.85. The summed E-state index contributed by atoms with van der Waals surface area (Å²) < 4.78 is 4.77. The third kappa shape index (κ3) is 8.30. The Morgan fingerprint density at radius 3 is 2.12 bits per heavy atom. The number of carbonyl (C=O) groups is 3. The van der Waals surface area contributed by atoms with Crippen LogP contribution in [0.3, 0.4) is 0 Å². The molecule has 0 radical (unpaired) electrons. The number of hydrogen-bond donors (Lipinski definition) is 3. The van der Waals surface area contributed by atoms with Gasteiger partial charge in [0.25, 0.3) is 11.8 Å². The maximum Gasteiger partial charge on any atom is 0.328 e. The van der Waals surface area contributed by atoms with E-state index in [4.69, 9.17) is 4.74 Å². The molecule has 0 saturated carbocycles. The minimum absolute atomic E-state index is 0.0590. The molecule has 0 bridgehead atoms. The third-order valence-electron chi connectivity index (χ3n) is 3.48. The van der Waals surface area contributed by atoms with E-state index in [0.717, 1.165) is 10.5 Å². The molecule has 0 aliphatic rings. The number of quaternary nitrogens is 1. The van der Waals surface area contributed by atoms with Crippen LogP contribution in [0.2, 0.25) is 0 Å². The first-order valence-electron chi connectivity index (χ1n) is 8.33. The molecule has 0 aromatic heterocycles. The molecular weight excluding hydrogens is 322 g/mol. The molecule has 1 unspecified atom stereocenters. The number of hydrogen-bond acceptors (Lipinski definition) is 4. The van der Waals surface area contributed by atoms with Crippen LogP contribution in [0.15, 0.2) is 30.3 Å². The SMILES string of the molecule is COC(=O)[C@@H](Cc1ccccc1)NC(=O)C[NH+](C)CC(=O)NC(C)C. The van der Waals surface area contributed by atoms with Gasteiger partial charge in [-0.05, 0) is 19.4 Å². The van der Waals surface area contributed by atoms with Crippen molar-refractivity contribution in [1.82, 2.24) is 10.6 Å². The highest BCUT2D eigenvalue weighted by Gasteiger charge is 2.24. The number of rotatable bonds is 9. The van der Waals surface area contributed by atoms with Crippen LogP contribution in [0.4, 0.5) is 0 Å².